The molecule has 30 heavy (non-hydrogen) atoms. The summed E-state index contributed by atoms with van der Waals surface area (Å²) in [6.07, 6.45) is 2.54. The number of carbonyl (C=O) groups excluding carboxylic acids is 2. The van der Waals surface area contributed by atoms with E-state index in [2.05, 4.69) is 4.99 Å². The van der Waals surface area contributed by atoms with E-state index in [4.69, 9.17) is 15.2 Å². The van der Waals surface area contributed by atoms with Crippen LogP contribution in [0.4, 0.5) is 5.69 Å². The van der Waals surface area contributed by atoms with Crippen molar-refractivity contribution < 1.29 is 19.1 Å². The Morgan fingerprint density at radius 2 is 1.90 bits per heavy atom. The van der Waals surface area contributed by atoms with Crippen LogP contribution in [0.15, 0.2) is 64.5 Å². The average molecular weight is 426 g/mol. The molecular weight excluding hydrogens is 402 g/mol. The molecular formula is C22H23N3O4S. The first-order valence-electron chi connectivity index (χ1n) is 9.42. The molecule has 0 aliphatic carbocycles. The fourth-order valence-corrected chi connectivity index (χ4v) is 3.76. The number of para-hydroxylation sites is 1. The van der Waals surface area contributed by atoms with Crippen LogP contribution in [0.3, 0.4) is 0 Å². The van der Waals surface area contributed by atoms with Crippen molar-refractivity contribution in [3.8, 4) is 5.75 Å². The Hall–Kier alpha value is -3.10. The van der Waals surface area contributed by atoms with Crippen LogP contribution in [-0.4, -0.2) is 48.8 Å². The van der Waals surface area contributed by atoms with Gasteiger partial charge in [0.2, 0.25) is 0 Å². The molecule has 2 amide bonds. The van der Waals surface area contributed by atoms with Crippen LogP contribution in [0.2, 0.25) is 0 Å². The lowest BCUT2D eigenvalue weighted by atomic mass is 10.2. The molecule has 1 saturated heterocycles. The summed E-state index contributed by atoms with van der Waals surface area (Å²) in [6.45, 7) is 0.923. The Kier molecular flexibility index (Phi) is 7.64. The molecule has 0 atom stereocenters. The van der Waals surface area contributed by atoms with E-state index in [1.165, 1.54) is 11.8 Å². The minimum atomic E-state index is -0.534. The summed E-state index contributed by atoms with van der Waals surface area (Å²) >= 11 is 1.35. The molecule has 1 aliphatic heterocycles. The van der Waals surface area contributed by atoms with E-state index in [0.717, 1.165) is 17.7 Å². The Morgan fingerprint density at radius 3 is 2.57 bits per heavy atom. The van der Waals surface area contributed by atoms with Gasteiger partial charge in [0.1, 0.15) is 5.75 Å². The summed E-state index contributed by atoms with van der Waals surface area (Å²) in [7, 11) is 1.64. The summed E-state index contributed by atoms with van der Waals surface area (Å²) in [5.74, 6) is -0.0818. The largest absolute Gasteiger partial charge is 0.484 e. The maximum absolute atomic E-state index is 13.0. The molecule has 2 N–H and O–H groups in total. The highest BCUT2D eigenvalue weighted by Gasteiger charge is 2.33. The Balaban J connectivity index is 1.79. The normalized spacial score (nSPS) is 16.4. The molecule has 156 valence electrons. The minimum Gasteiger partial charge on any atom is -0.484 e. The molecule has 2 aromatic rings. The van der Waals surface area contributed by atoms with E-state index in [0.29, 0.717) is 29.0 Å². The number of aliphatic imine (C=N–C) groups is 1. The zero-order valence-corrected chi connectivity index (χ0v) is 17.4. The van der Waals surface area contributed by atoms with Gasteiger partial charge in [0, 0.05) is 20.3 Å². The molecule has 2 aromatic carbocycles. The number of hydrogen-bond donors (Lipinski definition) is 1. The van der Waals surface area contributed by atoms with Crippen molar-refractivity contribution in [3.63, 3.8) is 0 Å². The fraction of sp³-hybridized carbons (Fsp3) is 0.227. The second-order valence-corrected chi connectivity index (χ2v) is 7.48. The van der Waals surface area contributed by atoms with Gasteiger partial charge in [-0.1, -0.05) is 30.3 Å². The fourth-order valence-electron chi connectivity index (χ4n) is 2.73. The van der Waals surface area contributed by atoms with E-state index < -0.39 is 5.91 Å². The van der Waals surface area contributed by atoms with E-state index in [-0.39, 0.29) is 12.5 Å². The summed E-state index contributed by atoms with van der Waals surface area (Å²) in [6, 6.07) is 16.6. The van der Waals surface area contributed by atoms with Gasteiger partial charge >= 0.3 is 0 Å². The number of ether oxygens (including phenoxy) is 2. The summed E-state index contributed by atoms with van der Waals surface area (Å²) < 4.78 is 10.4. The SMILES string of the molecule is COCCCN1C(=O)/C(=C/c2ccc(OCC(N)=O)cc2)SC1=Nc1ccccc1. The van der Waals surface area contributed by atoms with Gasteiger partial charge in [-0.3, -0.25) is 14.5 Å². The summed E-state index contributed by atoms with van der Waals surface area (Å²) in [5.41, 5.74) is 6.72. The van der Waals surface area contributed by atoms with Gasteiger partial charge in [0.05, 0.1) is 10.6 Å². The van der Waals surface area contributed by atoms with Crippen molar-refractivity contribution in [2.24, 2.45) is 10.7 Å². The molecule has 0 unspecified atom stereocenters. The Bertz CT molecular complexity index is 943. The highest BCUT2D eigenvalue weighted by atomic mass is 32.2. The number of methoxy groups -OCH3 is 1. The number of amidine groups is 1. The maximum atomic E-state index is 13.0. The lowest BCUT2D eigenvalue weighted by Crippen LogP contribution is -2.30. The third-order valence-electron chi connectivity index (χ3n) is 4.16. The maximum Gasteiger partial charge on any atom is 0.266 e. The average Bonchev–Trinajstić information content (AvgIpc) is 3.03. The van der Waals surface area contributed by atoms with Crippen molar-refractivity contribution in [1.82, 2.24) is 4.90 Å². The molecule has 1 heterocycles. The number of hydrogen-bond acceptors (Lipinski definition) is 6. The first kappa shape index (κ1) is 21.6. The van der Waals surface area contributed by atoms with Crippen LogP contribution < -0.4 is 10.5 Å². The van der Waals surface area contributed by atoms with Gasteiger partial charge in [0.25, 0.3) is 11.8 Å². The lowest BCUT2D eigenvalue weighted by molar-refractivity contribution is -0.122. The zero-order chi connectivity index (χ0) is 21.3. The zero-order valence-electron chi connectivity index (χ0n) is 16.6. The van der Waals surface area contributed by atoms with Gasteiger partial charge in [-0.05, 0) is 54.1 Å². The number of thioether (sulfide) groups is 1. The van der Waals surface area contributed by atoms with Crippen LogP contribution in [0.1, 0.15) is 12.0 Å². The summed E-state index contributed by atoms with van der Waals surface area (Å²) in [5, 5.41) is 0.648. The lowest BCUT2D eigenvalue weighted by Gasteiger charge is -2.15. The van der Waals surface area contributed by atoms with Gasteiger partial charge in [-0.25, -0.2) is 4.99 Å². The van der Waals surface area contributed by atoms with Crippen LogP contribution in [-0.2, 0) is 14.3 Å². The smallest absolute Gasteiger partial charge is 0.266 e. The monoisotopic (exact) mass is 425 g/mol. The molecule has 0 aromatic heterocycles. The quantitative estimate of drug-likeness (QED) is 0.492. The Morgan fingerprint density at radius 1 is 1.17 bits per heavy atom. The molecule has 0 bridgehead atoms. The van der Waals surface area contributed by atoms with Crippen LogP contribution in [0.5, 0.6) is 5.75 Å². The third-order valence-corrected chi connectivity index (χ3v) is 5.16. The van der Waals surface area contributed by atoms with Gasteiger partial charge in [-0.2, -0.15) is 0 Å². The molecule has 0 spiro atoms. The minimum absolute atomic E-state index is 0.0835. The molecule has 0 saturated carbocycles. The molecule has 3 rings (SSSR count). The Labute approximate surface area is 179 Å². The highest BCUT2D eigenvalue weighted by molar-refractivity contribution is 8.18. The highest BCUT2D eigenvalue weighted by Crippen LogP contribution is 2.34. The van der Waals surface area contributed by atoms with E-state index in [1.807, 2.05) is 48.5 Å². The number of amides is 2. The standard InChI is InChI=1S/C22H23N3O4S/c1-28-13-5-12-25-21(27)19(30-22(25)24-17-6-3-2-4-7-17)14-16-8-10-18(11-9-16)29-15-20(23)26/h2-4,6-11,14H,5,12-13,15H2,1H3,(H2,23,26)/b19-14-,24-22?. The molecule has 0 radical (unpaired) electrons. The van der Waals surface area contributed by atoms with E-state index in [1.54, 1.807) is 24.1 Å². The predicted octanol–water partition coefficient (Wildman–Crippen LogP) is 3.19. The van der Waals surface area contributed by atoms with Crippen molar-refractivity contribution in [1.29, 1.82) is 0 Å². The topological polar surface area (TPSA) is 94.2 Å². The van der Waals surface area contributed by atoms with Crippen molar-refractivity contribution in [2.75, 3.05) is 26.9 Å². The first-order chi connectivity index (χ1) is 14.6. The number of carbonyl (C=O) groups is 2. The molecule has 7 nitrogen and oxygen atoms in total. The van der Waals surface area contributed by atoms with Gasteiger partial charge in [0.15, 0.2) is 11.8 Å². The van der Waals surface area contributed by atoms with Crippen LogP contribution in [0, 0.1) is 0 Å². The van der Waals surface area contributed by atoms with Gasteiger partial charge in [-0.15, -0.1) is 0 Å². The number of nitrogens with zero attached hydrogens (tertiary/aromatic N) is 2. The molecule has 8 heteroatoms. The number of rotatable bonds is 9. The van der Waals surface area contributed by atoms with Gasteiger partial charge < -0.3 is 15.2 Å². The number of nitrogens with two attached hydrogens (primary N) is 1. The first-order valence-corrected chi connectivity index (χ1v) is 10.2. The number of primary amides is 1. The summed E-state index contributed by atoms with van der Waals surface area (Å²) in [4.78, 5) is 30.7. The van der Waals surface area contributed by atoms with E-state index in [9.17, 15) is 9.59 Å². The van der Waals surface area contributed by atoms with E-state index >= 15 is 0 Å². The van der Waals surface area contributed by atoms with Crippen molar-refractivity contribution in [3.05, 3.63) is 65.1 Å². The molecule has 1 fully saturated rings. The third kappa shape index (κ3) is 5.95. The molecule has 1 aliphatic rings. The van der Waals surface area contributed by atoms with Crippen LogP contribution in [0.25, 0.3) is 6.08 Å². The second kappa shape index (κ2) is 10.6. The van der Waals surface area contributed by atoms with Crippen molar-refractivity contribution in [2.45, 2.75) is 6.42 Å². The predicted molar refractivity (Wildman–Crippen MR) is 118 cm³/mol. The van der Waals surface area contributed by atoms with Crippen molar-refractivity contribution >= 4 is 40.5 Å². The second-order valence-electron chi connectivity index (χ2n) is 6.47. The number of benzene rings is 2. The van der Waals surface area contributed by atoms with Crippen LogP contribution >= 0.6 is 11.8 Å².